The van der Waals surface area contributed by atoms with Crippen LogP contribution in [0.15, 0.2) is 24.3 Å². The molecule has 10 heteroatoms. The molecule has 0 atom stereocenters. The highest BCUT2D eigenvalue weighted by molar-refractivity contribution is 6.33. The third kappa shape index (κ3) is 8.28. The van der Waals surface area contributed by atoms with Gasteiger partial charge in [-0.3, -0.25) is 14.5 Å². The minimum absolute atomic E-state index is 0. The number of nitrogens with one attached hydrogen (secondary N) is 2. The van der Waals surface area contributed by atoms with Gasteiger partial charge in [0, 0.05) is 65.3 Å². The first-order valence-electron chi connectivity index (χ1n) is 9.59. The maximum Gasteiger partial charge on any atom is 0.238 e. The van der Waals surface area contributed by atoms with Gasteiger partial charge in [-0.25, -0.2) is 0 Å². The van der Waals surface area contributed by atoms with Crippen LogP contribution in [0.1, 0.15) is 6.42 Å². The van der Waals surface area contributed by atoms with Crippen LogP contribution in [0.3, 0.4) is 0 Å². The summed E-state index contributed by atoms with van der Waals surface area (Å²) in [5.74, 6) is 0.198. The Labute approximate surface area is 189 Å². The maximum atomic E-state index is 12.2. The molecule has 2 saturated heterocycles. The molecular weight excluding hydrogens is 437 g/mol. The third-order valence-electron chi connectivity index (χ3n) is 5.09. The predicted octanol–water partition coefficient (Wildman–Crippen LogP) is 1.56. The number of hydrogen-bond donors (Lipinski definition) is 2. The molecule has 0 saturated carbocycles. The Bertz CT molecular complexity index is 650. The second-order valence-corrected chi connectivity index (χ2v) is 7.43. The van der Waals surface area contributed by atoms with Crippen LogP contribution >= 0.6 is 36.4 Å². The molecule has 0 aromatic heterocycles. The first-order valence-corrected chi connectivity index (χ1v) is 9.97. The molecule has 2 aliphatic heterocycles. The zero-order chi connectivity index (χ0) is 19.1. The van der Waals surface area contributed by atoms with E-state index in [4.69, 9.17) is 11.6 Å². The molecule has 1 aromatic rings. The molecule has 3 rings (SSSR count). The summed E-state index contributed by atoms with van der Waals surface area (Å²) < 4.78 is 0. The highest BCUT2D eigenvalue weighted by Gasteiger charge is 2.21. The van der Waals surface area contributed by atoms with E-state index in [0.717, 1.165) is 58.9 Å². The van der Waals surface area contributed by atoms with Crippen molar-refractivity contribution in [3.63, 3.8) is 0 Å². The molecule has 29 heavy (non-hydrogen) atoms. The summed E-state index contributed by atoms with van der Waals surface area (Å²) in [7, 11) is 0. The van der Waals surface area contributed by atoms with Gasteiger partial charge in [-0.2, -0.15) is 0 Å². The van der Waals surface area contributed by atoms with Gasteiger partial charge in [-0.15, -0.1) is 24.8 Å². The Morgan fingerprint density at radius 3 is 2.24 bits per heavy atom. The number of anilines is 1. The lowest BCUT2D eigenvalue weighted by Gasteiger charge is -2.35. The minimum atomic E-state index is -0.0505. The monoisotopic (exact) mass is 465 g/mol. The van der Waals surface area contributed by atoms with E-state index in [0.29, 0.717) is 23.7 Å². The van der Waals surface area contributed by atoms with Crippen LogP contribution in [0.25, 0.3) is 0 Å². The van der Waals surface area contributed by atoms with Gasteiger partial charge in [0.2, 0.25) is 11.8 Å². The fraction of sp³-hybridized carbons (Fsp3) is 0.579. The van der Waals surface area contributed by atoms with Crippen molar-refractivity contribution in [3.8, 4) is 0 Å². The molecule has 7 nitrogen and oxygen atoms in total. The van der Waals surface area contributed by atoms with Crippen LogP contribution in [0.2, 0.25) is 5.02 Å². The third-order valence-corrected chi connectivity index (χ3v) is 5.42. The normalized spacial score (nSPS) is 17.8. The first kappa shape index (κ1) is 25.9. The number of benzene rings is 1. The van der Waals surface area contributed by atoms with E-state index in [2.05, 4.69) is 20.4 Å². The number of para-hydroxylation sites is 1. The average molecular weight is 467 g/mol. The first-order chi connectivity index (χ1) is 13.1. The smallest absolute Gasteiger partial charge is 0.238 e. The van der Waals surface area contributed by atoms with E-state index >= 15 is 0 Å². The Morgan fingerprint density at radius 2 is 1.59 bits per heavy atom. The summed E-state index contributed by atoms with van der Waals surface area (Å²) in [6, 6.07) is 7.25. The van der Waals surface area contributed by atoms with Crippen molar-refractivity contribution in [1.82, 2.24) is 20.0 Å². The lowest BCUT2D eigenvalue weighted by atomic mass is 10.2. The summed E-state index contributed by atoms with van der Waals surface area (Å²) in [5.41, 5.74) is 0.647. The molecule has 0 radical (unpaired) electrons. The molecule has 0 aliphatic carbocycles. The fourth-order valence-corrected chi connectivity index (χ4v) is 3.64. The average Bonchev–Trinajstić information content (AvgIpc) is 2.69. The quantitative estimate of drug-likeness (QED) is 0.666. The summed E-state index contributed by atoms with van der Waals surface area (Å²) >= 11 is 6.08. The number of hydrogen-bond acceptors (Lipinski definition) is 5. The van der Waals surface area contributed by atoms with Crippen molar-refractivity contribution >= 4 is 53.9 Å². The predicted molar refractivity (Wildman–Crippen MR) is 122 cm³/mol. The van der Waals surface area contributed by atoms with Gasteiger partial charge in [0.05, 0.1) is 17.3 Å². The van der Waals surface area contributed by atoms with Crippen LogP contribution in [0.5, 0.6) is 0 Å². The summed E-state index contributed by atoms with van der Waals surface area (Å²) in [6.07, 6.45) is 0.576. The van der Waals surface area contributed by atoms with E-state index in [9.17, 15) is 9.59 Å². The van der Waals surface area contributed by atoms with Gasteiger partial charge in [-0.05, 0) is 12.1 Å². The van der Waals surface area contributed by atoms with Gasteiger partial charge < -0.3 is 20.4 Å². The van der Waals surface area contributed by atoms with Gasteiger partial charge in [0.1, 0.15) is 0 Å². The van der Waals surface area contributed by atoms with Crippen molar-refractivity contribution < 1.29 is 9.59 Å². The van der Waals surface area contributed by atoms with Gasteiger partial charge in [-0.1, -0.05) is 23.7 Å². The lowest BCUT2D eigenvalue weighted by molar-refractivity contribution is -0.132. The van der Waals surface area contributed by atoms with Crippen LogP contribution in [0, 0.1) is 0 Å². The van der Waals surface area contributed by atoms with E-state index in [1.807, 2.05) is 17.0 Å². The summed E-state index contributed by atoms with van der Waals surface area (Å²) in [6.45, 7) is 7.99. The van der Waals surface area contributed by atoms with Crippen LogP contribution < -0.4 is 10.6 Å². The van der Waals surface area contributed by atoms with Crippen LogP contribution in [-0.2, 0) is 9.59 Å². The number of carbonyl (C=O) groups is 2. The number of amides is 2. The van der Waals surface area contributed by atoms with Crippen molar-refractivity contribution in [3.05, 3.63) is 29.3 Å². The number of piperazine rings is 2. The SMILES string of the molecule is Cl.Cl.O=C(CN1CCN(CCC(=O)N2CCNCC2)CC1)Nc1ccccc1Cl. The molecule has 2 N–H and O–H groups in total. The molecule has 2 heterocycles. The highest BCUT2D eigenvalue weighted by Crippen LogP contribution is 2.20. The van der Waals surface area contributed by atoms with Gasteiger partial charge in [0.15, 0.2) is 0 Å². The molecule has 2 fully saturated rings. The Kier molecular flexibility index (Phi) is 11.9. The molecule has 0 spiro atoms. The van der Waals surface area contributed by atoms with E-state index in [1.165, 1.54) is 0 Å². The minimum Gasteiger partial charge on any atom is -0.340 e. The van der Waals surface area contributed by atoms with Crippen molar-refractivity contribution in [2.24, 2.45) is 0 Å². The lowest BCUT2D eigenvalue weighted by Crippen LogP contribution is -2.50. The topological polar surface area (TPSA) is 67.9 Å². The Hall–Kier alpha value is -1.09. The Balaban J connectivity index is 0.00000210. The van der Waals surface area contributed by atoms with Crippen molar-refractivity contribution in [1.29, 1.82) is 0 Å². The molecule has 0 bridgehead atoms. The van der Waals surface area contributed by atoms with E-state index in [1.54, 1.807) is 12.1 Å². The highest BCUT2D eigenvalue weighted by atomic mass is 35.5. The van der Waals surface area contributed by atoms with Gasteiger partial charge in [0.25, 0.3) is 0 Å². The Morgan fingerprint density at radius 1 is 0.966 bits per heavy atom. The number of carbonyl (C=O) groups excluding carboxylic acids is 2. The van der Waals surface area contributed by atoms with Gasteiger partial charge >= 0.3 is 0 Å². The standard InChI is InChI=1S/C19H28ClN5O2.2ClH/c20-16-3-1-2-4-17(16)22-18(26)15-24-13-11-23(12-14-24)8-5-19(27)25-9-6-21-7-10-25;;/h1-4,21H,5-15H2,(H,22,26);2*1H. The van der Waals surface area contributed by atoms with Crippen molar-refractivity contribution in [2.45, 2.75) is 6.42 Å². The fourth-order valence-electron chi connectivity index (χ4n) is 3.45. The second-order valence-electron chi connectivity index (χ2n) is 7.03. The molecule has 2 aliphatic rings. The molecule has 164 valence electrons. The zero-order valence-corrected chi connectivity index (χ0v) is 18.8. The van der Waals surface area contributed by atoms with Crippen molar-refractivity contribution in [2.75, 3.05) is 70.8 Å². The number of rotatable bonds is 6. The van der Waals surface area contributed by atoms with Crippen LogP contribution in [-0.4, -0.2) is 92.0 Å². The molecular formula is C19H30Cl3N5O2. The van der Waals surface area contributed by atoms with Crippen LogP contribution in [0.4, 0.5) is 5.69 Å². The van der Waals surface area contributed by atoms with E-state index in [-0.39, 0.29) is 36.6 Å². The number of halogens is 3. The number of nitrogens with zero attached hydrogens (tertiary/aromatic N) is 3. The van der Waals surface area contributed by atoms with E-state index < -0.39 is 0 Å². The summed E-state index contributed by atoms with van der Waals surface area (Å²) in [5, 5.41) is 6.67. The molecule has 1 aromatic carbocycles. The molecule has 2 amide bonds. The summed E-state index contributed by atoms with van der Waals surface area (Å²) in [4.78, 5) is 30.9. The second kappa shape index (κ2) is 13.3. The molecule has 0 unspecified atom stereocenters. The largest absolute Gasteiger partial charge is 0.340 e. The maximum absolute atomic E-state index is 12.2. The zero-order valence-electron chi connectivity index (χ0n) is 16.4.